The van der Waals surface area contributed by atoms with E-state index in [-0.39, 0.29) is 12.5 Å². The molecule has 0 bridgehead atoms. The van der Waals surface area contributed by atoms with Crippen molar-refractivity contribution in [1.29, 1.82) is 0 Å². The molecule has 3 aromatic carbocycles. The van der Waals surface area contributed by atoms with Gasteiger partial charge in [0, 0.05) is 10.9 Å². The van der Waals surface area contributed by atoms with Crippen LogP contribution in [0.15, 0.2) is 72.8 Å². The summed E-state index contributed by atoms with van der Waals surface area (Å²) in [6.45, 7) is 5.57. The zero-order chi connectivity index (χ0) is 25.0. The first kappa shape index (κ1) is 24.8. The second kappa shape index (κ2) is 10.5. The van der Waals surface area contributed by atoms with Crippen LogP contribution in [0.1, 0.15) is 49.8 Å². The van der Waals surface area contributed by atoms with Gasteiger partial charge in [-0.25, -0.2) is 9.59 Å². The Balaban J connectivity index is 1.43. The highest BCUT2D eigenvalue weighted by Crippen LogP contribution is 2.44. The molecule has 6 heteroatoms. The van der Waals surface area contributed by atoms with Gasteiger partial charge in [0.2, 0.25) is 0 Å². The fourth-order valence-electron chi connectivity index (χ4n) is 4.41. The second-order valence-electron chi connectivity index (χ2n) is 9.72. The molecule has 0 saturated carbocycles. The maximum absolute atomic E-state index is 12.9. The number of nitrogens with one attached hydrogen (secondary N) is 1. The van der Waals surface area contributed by atoms with Gasteiger partial charge in [-0.05, 0) is 73.6 Å². The zero-order valence-corrected chi connectivity index (χ0v) is 21.0. The molecule has 0 spiro atoms. The van der Waals surface area contributed by atoms with E-state index in [0.717, 1.165) is 27.8 Å². The van der Waals surface area contributed by atoms with Crippen molar-refractivity contribution in [3.05, 3.63) is 94.5 Å². The molecule has 0 heterocycles. The average molecular weight is 492 g/mol. The van der Waals surface area contributed by atoms with Gasteiger partial charge < -0.3 is 14.8 Å². The first-order valence-electron chi connectivity index (χ1n) is 11.8. The van der Waals surface area contributed by atoms with Gasteiger partial charge in [0.15, 0.2) is 0 Å². The van der Waals surface area contributed by atoms with Crippen molar-refractivity contribution >= 4 is 23.7 Å². The van der Waals surface area contributed by atoms with Gasteiger partial charge in [-0.1, -0.05) is 72.3 Å². The Morgan fingerprint density at radius 2 is 1.57 bits per heavy atom. The summed E-state index contributed by atoms with van der Waals surface area (Å²) in [6.07, 6.45) is 0.266. The van der Waals surface area contributed by atoms with E-state index in [0.29, 0.717) is 17.9 Å². The number of carbonyl (C=O) groups is 2. The Morgan fingerprint density at radius 3 is 2.17 bits per heavy atom. The molecule has 1 aliphatic rings. The number of hydrogen-bond acceptors (Lipinski definition) is 4. The molecular formula is C29H30ClNO4. The van der Waals surface area contributed by atoms with Crippen molar-refractivity contribution in [1.82, 2.24) is 5.32 Å². The molecule has 0 saturated heterocycles. The van der Waals surface area contributed by atoms with Gasteiger partial charge in [0.05, 0.1) is 0 Å². The lowest BCUT2D eigenvalue weighted by Gasteiger charge is -2.25. The third-order valence-corrected chi connectivity index (χ3v) is 6.17. The van der Waals surface area contributed by atoms with Crippen LogP contribution in [0.5, 0.6) is 0 Å². The van der Waals surface area contributed by atoms with E-state index in [1.807, 2.05) is 42.5 Å². The minimum atomic E-state index is -0.844. The number of carbonyl (C=O) groups excluding carboxylic acids is 2. The number of hydrogen-bond donors (Lipinski definition) is 1. The quantitative estimate of drug-likeness (QED) is 0.382. The smallest absolute Gasteiger partial charge is 0.407 e. The van der Waals surface area contributed by atoms with Gasteiger partial charge in [-0.2, -0.15) is 0 Å². The number of aryl methyl sites for hydroxylation is 1. The molecular weight excluding hydrogens is 462 g/mol. The van der Waals surface area contributed by atoms with Crippen LogP contribution < -0.4 is 5.32 Å². The standard InChI is InChI=1S/C29H30ClNO4/c1-29(2,3)35-27(32)26(16-15-19-9-8-10-20(30)17-19)31-28(33)34-18-25-23-13-6-4-11-21(23)22-12-5-7-14-24(22)25/h4-14,17,25-26H,15-16,18H2,1-3H3,(H,31,33). The number of esters is 1. The van der Waals surface area contributed by atoms with Crippen LogP contribution in [0.2, 0.25) is 5.02 Å². The van der Waals surface area contributed by atoms with Crippen molar-refractivity contribution in [3.63, 3.8) is 0 Å². The fraction of sp³-hybridized carbons (Fsp3) is 0.310. The summed E-state index contributed by atoms with van der Waals surface area (Å²) in [4.78, 5) is 25.7. The van der Waals surface area contributed by atoms with Crippen molar-refractivity contribution in [2.24, 2.45) is 0 Å². The molecule has 1 aliphatic carbocycles. The zero-order valence-electron chi connectivity index (χ0n) is 20.2. The number of amides is 1. The summed E-state index contributed by atoms with van der Waals surface area (Å²) in [5, 5.41) is 3.35. The monoisotopic (exact) mass is 491 g/mol. The third kappa shape index (κ3) is 6.23. The Hall–Kier alpha value is -3.31. The first-order chi connectivity index (χ1) is 16.7. The lowest BCUT2D eigenvalue weighted by Crippen LogP contribution is -2.45. The maximum atomic E-state index is 12.9. The van der Waals surface area contributed by atoms with Gasteiger partial charge in [0.1, 0.15) is 18.2 Å². The van der Waals surface area contributed by atoms with Crippen molar-refractivity contribution in [3.8, 4) is 11.1 Å². The molecule has 0 aromatic heterocycles. The minimum absolute atomic E-state index is 0.0559. The molecule has 35 heavy (non-hydrogen) atoms. The fourth-order valence-corrected chi connectivity index (χ4v) is 4.62. The number of rotatable bonds is 7. The summed E-state index contributed by atoms with van der Waals surface area (Å²) in [7, 11) is 0. The summed E-state index contributed by atoms with van der Waals surface area (Å²) < 4.78 is 11.2. The molecule has 0 radical (unpaired) electrons. The van der Waals surface area contributed by atoms with Crippen LogP contribution in [-0.4, -0.2) is 30.3 Å². The van der Waals surface area contributed by atoms with E-state index < -0.39 is 23.7 Å². The molecule has 1 N–H and O–H groups in total. The minimum Gasteiger partial charge on any atom is -0.458 e. The van der Waals surface area contributed by atoms with E-state index in [2.05, 4.69) is 29.6 Å². The van der Waals surface area contributed by atoms with Gasteiger partial charge in [0.25, 0.3) is 0 Å². The van der Waals surface area contributed by atoms with Crippen LogP contribution in [0.3, 0.4) is 0 Å². The summed E-state index contributed by atoms with van der Waals surface area (Å²) in [5.74, 6) is -0.548. The number of alkyl carbamates (subject to hydrolysis) is 1. The van der Waals surface area contributed by atoms with E-state index in [1.54, 1.807) is 26.8 Å². The highest BCUT2D eigenvalue weighted by Gasteiger charge is 2.31. The first-order valence-corrected chi connectivity index (χ1v) is 12.2. The predicted octanol–water partition coefficient (Wildman–Crippen LogP) is 6.52. The van der Waals surface area contributed by atoms with Crippen LogP contribution in [0.25, 0.3) is 11.1 Å². The van der Waals surface area contributed by atoms with Gasteiger partial charge in [-0.3, -0.25) is 0 Å². The second-order valence-corrected chi connectivity index (χ2v) is 10.2. The number of fused-ring (bicyclic) bond motifs is 3. The molecule has 1 atom stereocenters. The lowest BCUT2D eigenvalue weighted by molar-refractivity contribution is -0.157. The predicted molar refractivity (Wildman–Crippen MR) is 138 cm³/mol. The highest BCUT2D eigenvalue weighted by atomic mass is 35.5. The molecule has 182 valence electrons. The van der Waals surface area contributed by atoms with Crippen molar-refractivity contribution in [2.45, 2.75) is 51.2 Å². The topological polar surface area (TPSA) is 64.6 Å². The SMILES string of the molecule is CC(C)(C)OC(=O)C(CCc1cccc(Cl)c1)NC(=O)OCC1c2ccccc2-c2ccccc21. The van der Waals surface area contributed by atoms with Crippen LogP contribution in [0.4, 0.5) is 4.79 Å². The highest BCUT2D eigenvalue weighted by molar-refractivity contribution is 6.30. The summed E-state index contributed by atoms with van der Waals surface area (Å²) >= 11 is 6.09. The molecule has 3 aromatic rings. The van der Waals surface area contributed by atoms with E-state index in [4.69, 9.17) is 21.1 Å². The van der Waals surface area contributed by atoms with Crippen LogP contribution in [0, 0.1) is 0 Å². The van der Waals surface area contributed by atoms with Crippen molar-refractivity contribution in [2.75, 3.05) is 6.61 Å². The van der Waals surface area contributed by atoms with Gasteiger partial charge >= 0.3 is 12.1 Å². The molecule has 0 aliphatic heterocycles. The normalized spacial score (nSPS) is 13.5. The van der Waals surface area contributed by atoms with Gasteiger partial charge in [-0.15, -0.1) is 0 Å². The largest absolute Gasteiger partial charge is 0.458 e. The number of benzene rings is 3. The average Bonchev–Trinajstić information content (AvgIpc) is 3.13. The number of halogens is 1. The van der Waals surface area contributed by atoms with E-state index in [9.17, 15) is 9.59 Å². The Morgan fingerprint density at radius 1 is 0.943 bits per heavy atom. The van der Waals surface area contributed by atoms with E-state index in [1.165, 1.54) is 0 Å². The molecule has 4 rings (SSSR count). The summed E-state index contributed by atoms with van der Waals surface area (Å²) in [6, 6.07) is 22.9. The molecule has 1 amide bonds. The number of ether oxygens (including phenoxy) is 2. The van der Waals surface area contributed by atoms with Crippen molar-refractivity contribution < 1.29 is 19.1 Å². The molecule has 0 fully saturated rings. The van der Waals surface area contributed by atoms with E-state index >= 15 is 0 Å². The maximum Gasteiger partial charge on any atom is 0.407 e. The van der Waals surface area contributed by atoms with Crippen LogP contribution in [-0.2, 0) is 20.7 Å². The molecule has 1 unspecified atom stereocenters. The van der Waals surface area contributed by atoms with Crippen LogP contribution >= 0.6 is 11.6 Å². The Bertz CT molecular complexity index is 1170. The Labute approximate surface area is 211 Å². The molecule has 5 nitrogen and oxygen atoms in total. The summed E-state index contributed by atoms with van der Waals surface area (Å²) in [5.41, 5.74) is 4.88. The lowest BCUT2D eigenvalue weighted by atomic mass is 9.98. The Kier molecular flexibility index (Phi) is 7.46. The third-order valence-electron chi connectivity index (χ3n) is 5.94.